The van der Waals surface area contributed by atoms with Gasteiger partial charge in [-0.25, -0.2) is 0 Å². The zero-order chi connectivity index (χ0) is 10.4. The maximum atomic E-state index is 5.95. The molecule has 0 radical (unpaired) electrons. The summed E-state index contributed by atoms with van der Waals surface area (Å²) in [5.41, 5.74) is 6.41. The van der Waals surface area contributed by atoms with E-state index in [1.807, 2.05) is 0 Å². The van der Waals surface area contributed by atoms with Crippen molar-refractivity contribution < 1.29 is 0 Å². The topological polar surface area (TPSA) is 26.0 Å². The van der Waals surface area contributed by atoms with Gasteiger partial charge >= 0.3 is 0 Å². The average Bonchev–Trinajstić information content (AvgIpc) is 2.28. The Morgan fingerprint density at radius 3 is 2.07 bits per heavy atom. The molecule has 0 amide bonds. The van der Waals surface area contributed by atoms with Gasteiger partial charge in [0.05, 0.1) is 0 Å². The van der Waals surface area contributed by atoms with E-state index in [0.29, 0.717) is 5.41 Å². The minimum absolute atomic E-state index is 0.460. The SMILES string of the molecule is CCC(CC)(CN)CC1CCCCC1. The third-order valence-corrected chi connectivity index (χ3v) is 4.38. The monoisotopic (exact) mass is 197 g/mol. The van der Waals surface area contributed by atoms with Crippen molar-refractivity contribution in [1.29, 1.82) is 0 Å². The Kier molecular flexibility index (Phi) is 4.94. The Morgan fingerprint density at radius 2 is 1.64 bits per heavy atom. The first-order valence-electron chi connectivity index (χ1n) is 6.46. The van der Waals surface area contributed by atoms with Crippen LogP contribution in [0.2, 0.25) is 0 Å². The second kappa shape index (κ2) is 5.75. The lowest BCUT2D eigenvalue weighted by Crippen LogP contribution is -2.32. The lowest BCUT2D eigenvalue weighted by Gasteiger charge is -2.35. The summed E-state index contributed by atoms with van der Waals surface area (Å²) in [7, 11) is 0. The highest BCUT2D eigenvalue weighted by atomic mass is 14.6. The minimum Gasteiger partial charge on any atom is -0.330 e. The van der Waals surface area contributed by atoms with Crippen molar-refractivity contribution in [2.75, 3.05) is 6.54 Å². The number of hydrogen-bond acceptors (Lipinski definition) is 1. The standard InChI is InChI=1S/C13H27N/c1-3-13(4-2,11-14)10-12-8-6-5-7-9-12/h12H,3-11,14H2,1-2H3. The Labute approximate surface area is 89.5 Å². The molecule has 0 aromatic rings. The van der Waals surface area contributed by atoms with Gasteiger partial charge in [0.2, 0.25) is 0 Å². The Balaban J connectivity index is 2.44. The fourth-order valence-electron chi connectivity index (χ4n) is 2.91. The van der Waals surface area contributed by atoms with E-state index in [1.54, 1.807) is 0 Å². The molecule has 0 bridgehead atoms. The van der Waals surface area contributed by atoms with E-state index >= 15 is 0 Å². The molecule has 0 aromatic carbocycles. The molecule has 0 aromatic heterocycles. The van der Waals surface area contributed by atoms with Crippen LogP contribution in [-0.2, 0) is 0 Å². The molecular formula is C13H27N. The summed E-state index contributed by atoms with van der Waals surface area (Å²) < 4.78 is 0. The van der Waals surface area contributed by atoms with Gasteiger partial charge in [-0.3, -0.25) is 0 Å². The average molecular weight is 197 g/mol. The molecule has 1 saturated carbocycles. The molecule has 0 unspecified atom stereocenters. The van der Waals surface area contributed by atoms with Crippen molar-refractivity contribution in [3.8, 4) is 0 Å². The van der Waals surface area contributed by atoms with Crippen LogP contribution in [0.15, 0.2) is 0 Å². The zero-order valence-corrected chi connectivity index (χ0v) is 10.0. The largest absolute Gasteiger partial charge is 0.330 e. The predicted molar refractivity (Wildman–Crippen MR) is 63.3 cm³/mol. The molecule has 1 nitrogen and oxygen atoms in total. The number of nitrogens with two attached hydrogens (primary N) is 1. The highest BCUT2D eigenvalue weighted by Gasteiger charge is 2.28. The molecule has 1 heteroatoms. The Hall–Kier alpha value is -0.0400. The van der Waals surface area contributed by atoms with Crippen molar-refractivity contribution >= 4 is 0 Å². The minimum atomic E-state index is 0.460. The van der Waals surface area contributed by atoms with Crippen molar-refractivity contribution in [2.45, 2.75) is 65.2 Å². The van der Waals surface area contributed by atoms with Gasteiger partial charge < -0.3 is 5.73 Å². The van der Waals surface area contributed by atoms with Gasteiger partial charge in [-0.1, -0.05) is 46.0 Å². The van der Waals surface area contributed by atoms with Crippen LogP contribution in [0.25, 0.3) is 0 Å². The van der Waals surface area contributed by atoms with Gasteiger partial charge in [-0.05, 0) is 37.1 Å². The van der Waals surface area contributed by atoms with Gasteiger partial charge in [-0.15, -0.1) is 0 Å². The molecule has 0 heterocycles. The smallest absolute Gasteiger partial charge is 0.00206 e. The lowest BCUT2D eigenvalue weighted by molar-refractivity contribution is 0.176. The van der Waals surface area contributed by atoms with E-state index in [9.17, 15) is 0 Å². The van der Waals surface area contributed by atoms with Crippen LogP contribution in [0.3, 0.4) is 0 Å². The fraction of sp³-hybridized carbons (Fsp3) is 1.00. The number of rotatable bonds is 5. The predicted octanol–water partition coefficient (Wildman–Crippen LogP) is 3.72. The Bertz CT molecular complexity index is 135. The van der Waals surface area contributed by atoms with E-state index in [0.717, 1.165) is 12.5 Å². The second-order valence-electron chi connectivity index (χ2n) is 5.12. The molecule has 0 spiro atoms. The molecule has 2 N–H and O–H groups in total. The summed E-state index contributed by atoms with van der Waals surface area (Å²) in [6, 6.07) is 0. The highest BCUT2D eigenvalue weighted by Crippen LogP contribution is 2.38. The lowest BCUT2D eigenvalue weighted by atomic mass is 9.71. The molecule has 14 heavy (non-hydrogen) atoms. The van der Waals surface area contributed by atoms with Crippen molar-refractivity contribution in [3.05, 3.63) is 0 Å². The van der Waals surface area contributed by atoms with Crippen LogP contribution in [0.1, 0.15) is 65.2 Å². The summed E-state index contributed by atoms with van der Waals surface area (Å²) in [5.74, 6) is 0.979. The van der Waals surface area contributed by atoms with Crippen molar-refractivity contribution in [2.24, 2.45) is 17.1 Å². The van der Waals surface area contributed by atoms with Crippen LogP contribution in [0, 0.1) is 11.3 Å². The quantitative estimate of drug-likeness (QED) is 0.714. The van der Waals surface area contributed by atoms with E-state index in [4.69, 9.17) is 5.73 Å². The van der Waals surface area contributed by atoms with Crippen LogP contribution >= 0.6 is 0 Å². The van der Waals surface area contributed by atoms with Crippen molar-refractivity contribution in [3.63, 3.8) is 0 Å². The summed E-state index contributed by atoms with van der Waals surface area (Å²) in [5, 5.41) is 0. The zero-order valence-electron chi connectivity index (χ0n) is 10.0. The summed E-state index contributed by atoms with van der Waals surface area (Å²) in [6.07, 6.45) is 11.2. The molecule has 0 saturated heterocycles. The summed E-state index contributed by atoms with van der Waals surface area (Å²) in [6.45, 7) is 5.49. The third kappa shape index (κ3) is 2.98. The molecule has 1 aliphatic carbocycles. The van der Waals surface area contributed by atoms with Crippen LogP contribution in [0.5, 0.6) is 0 Å². The second-order valence-corrected chi connectivity index (χ2v) is 5.12. The fourth-order valence-corrected chi connectivity index (χ4v) is 2.91. The molecule has 0 atom stereocenters. The van der Waals surface area contributed by atoms with E-state index in [1.165, 1.54) is 51.4 Å². The normalized spacial score (nSPS) is 19.9. The molecule has 1 rings (SSSR count). The maximum absolute atomic E-state index is 5.95. The first-order valence-corrected chi connectivity index (χ1v) is 6.46. The van der Waals surface area contributed by atoms with Gasteiger partial charge in [0.15, 0.2) is 0 Å². The van der Waals surface area contributed by atoms with Gasteiger partial charge in [0, 0.05) is 0 Å². The molecule has 84 valence electrons. The molecular weight excluding hydrogens is 170 g/mol. The van der Waals surface area contributed by atoms with Gasteiger partial charge in [0.25, 0.3) is 0 Å². The van der Waals surface area contributed by atoms with E-state index in [2.05, 4.69) is 13.8 Å². The highest BCUT2D eigenvalue weighted by molar-refractivity contribution is 4.82. The first-order chi connectivity index (χ1) is 6.76. The third-order valence-electron chi connectivity index (χ3n) is 4.38. The summed E-state index contributed by atoms with van der Waals surface area (Å²) in [4.78, 5) is 0. The van der Waals surface area contributed by atoms with E-state index < -0.39 is 0 Å². The van der Waals surface area contributed by atoms with Crippen LogP contribution in [0.4, 0.5) is 0 Å². The molecule has 1 fully saturated rings. The van der Waals surface area contributed by atoms with Gasteiger partial charge in [0.1, 0.15) is 0 Å². The number of hydrogen-bond donors (Lipinski definition) is 1. The van der Waals surface area contributed by atoms with E-state index in [-0.39, 0.29) is 0 Å². The van der Waals surface area contributed by atoms with Crippen molar-refractivity contribution in [1.82, 2.24) is 0 Å². The summed E-state index contributed by atoms with van der Waals surface area (Å²) >= 11 is 0. The molecule has 0 aliphatic heterocycles. The first kappa shape index (κ1) is 12.0. The molecule has 1 aliphatic rings. The van der Waals surface area contributed by atoms with Gasteiger partial charge in [-0.2, -0.15) is 0 Å². The van der Waals surface area contributed by atoms with Crippen LogP contribution < -0.4 is 5.73 Å². The van der Waals surface area contributed by atoms with Crippen LogP contribution in [-0.4, -0.2) is 6.54 Å². The Morgan fingerprint density at radius 1 is 1.07 bits per heavy atom. The maximum Gasteiger partial charge on any atom is -0.00206 e.